The predicted octanol–water partition coefficient (Wildman–Crippen LogP) is 1.23. The number of imidazole rings is 1. The van der Waals surface area contributed by atoms with E-state index in [1.807, 2.05) is 6.92 Å². The second kappa shape index (κ2) is 5.82. The number of aromatic amines is 1. The highest BCUT2D eigenvalue weighted by atomic mass is 16.5. The quantitative estimate of drug-likeness (QED) is 0.782. The van der Waals surface area contributed by atoms with E-state index in [9.17, 15) is 4.79 Å². The summed E-state index contributed by atoms with van der Waals surface area (Å²) >= 11 is 0. The number of nitrogens with zero attached hydrogens (tertiary/aromatic N) is 1. The molecule has 1 aliphatic rings. The summed E-state index contributed by atoms with van der Waals surface area (Å²) in [6.07, 6.45) is 6.36. The molecule has 0 spiro atoms. The molecular formula is C12H19N3O2. The third kappa shape index (κ3) is 3.56. The molecule has 94 valence electrons. The van der Waals surface area contributed by atoms with Gasteiger partial charge in [-0.1, -0.05) is 0 Å². The third-order valence-electron chi connectivity index (χ3n) is 3.10. The van der Waals surface area contributed by atoms with Crippen molar-refractivity contribution in [2.75, 3.05) is 6.61 Å². The summed E-state index contributed by atoms with van der Waals surface area (Å²) in [6, 6.07) is 0. The number of rotatable bonds is 6. The number of carbonyl (C=O) groups is 1. The van der Waals surface area contributed by atoms with Crippen LogP contribution >= 0.6 is 0 Å². The molecule has 1 aromatic rings. The van der Waals surface area contributed by atoms with Crippen LogP contribution in [0.4, 0.5) is 0 Å². The van der Waals surface area contributed by atoms with E-state index < -0.39 is 0 Å². The molecule has 1 fully saturated rings. The molecule has 1 amide bonds. The van der Waals surface area contributed by atoms with E-state index in [4.69, 9.17) is 4.74 Å². The van der Waals surface area contributed by atoms with Gasteiger partial charge < -0.3 is 15.0 Å². The highest BCUT2D eigenvalue weighted by Gasteiger charge is 2.30. The molecule has 0 atom stereocenters. The van der Waals surface area contributed by atoms with Crippen molar-refractivity contribution in [1.82, 2.24) is 15.3 Å². The first-order valence-corrected chi connectivity index (χ1v) is 6.13. The summed E-state index contributed by atoms with van der Waals surface area (Å²) in [4.78, 5) is 18.5. The zero-order valence-corrected chi connectivity index (χ0v) is 10.1. The van der Waals surface area contributed by atoms with Crippen LogP contribution in [0.5, 0.6) is 0 Å². The Balaban J connectivity index is 1.59. The average Bonchev–Trinajstić information content (AvgIpc) is 2.76. The molecule has 1 aliphatic carbocycles. The summed E-state index contributed by atoms with van der Waals surface area (Å²) in [6.45, 7) is 3.30. The number of aromatic nitrogens is 2. The first-order chi connectivity index (χ1) is 8.28. The standard InChI is InChI=1S/C12H19N3O2/c1-2-17-11-3-9(4-11)5-12(16)14-7-10-6-13-8-15-10/h6,8-9,11H,2-5,7H2,1H3,(H,13,15)(H,14,16). The van der Waals surface area contributed by atoms with E-state index in [1.54, 1.807) is 12.5 Å². The Hall–Kier alpha value is -1.36. The highest BCUT2D eigenvalue weighted by molar-refractivity contribution is 5.76. The molecule has 2 N–H and O–H groups in total. The monoisotopic (exact) mass is 237 g/mol. The molecule has 0 aliphatic heterocycles. The van der Waals surface area contributed by atoms with Gasteiger partial charge in [-0.2, -0.15) is 0 Å². The van der Waals surface area contributed by atoms with E-state index in [1.165, 1.54) is 0 Å². The van der Waals surface area contributed by atoms with Crippen molar-refractivity contribution in [3.63, 3.8) is 0 Å². The van der Waals surface area contributed by atoms with Gasteiger partial charge in [0.15, 0.2) is 0 Å². The lowest BCUT2D eigenvalue weighted by molar-refractivity contribution is -0.124. The van der Waals surface area contributed by atoms with Crippen molar-refractivity contribution in [1.29, 1.82) is 0 Å². The second-order valence-electron chi connectivity index (χ2n) is 4.47. The molecule has 0 saturated heterocycles. The first-order valence-electron chi connectivity index (χ1n) is 6.13. The van der Waals surface area contributed by atoms with Crippen molar-refractivity contribution in [3.8, 4) is 0 Å². The van der Waals surface area contributed by atoms with Crippen LogP contribution in [0, 0.1) is 5.92 Å². The van der Waals surface area contributed by atoms with Gasteiger partial charge in [0.1, 0.15) is 0 Å². The Labute approximate surface area is 101 Å². The van der Waals surface area contributed by atoms with Gasteiger partial charge in [0.25, 0.3) is 0 Å². The fourth-order valence-corrected chi connectivity index (χ4v) is 2.12. The van der Waals surface area contributed by atoms with E-state index in [-0.39, 0.29) is 5.91 Å². The van der Waals surface area contributed by atoms with Crippen molar-refractivity contribution < 1.29 is 9.53 Å². The Morgan fingerprint density at radius 3 is 3.12 bits per heavy atom. The van der Waals surface area contributed by atoms with Crippen molar-refractivity contribution in [2.24, 2.45) is 5.92 Å². The van der Waals surface area contributed by atoms with Crippen LogP contribution in [0.3, 0.4) is 0 Å². The molecule has 17 heavy (non-hydrogen) atoms. The van der Waals surface area contributed by atoms with Crippen LogP contribution in [-0.2, 0) is 16.1 Å². The Bertz CT molecular complexity index is 345. The molecule has 0 unspecified atom stereocenters. The molecule has 0 radical (unpaired) electrons. The summed E-state index contributed by atoms with van der Waals surface area (Å²) in [7, 11) is 0. The first kappa shape index (κ1) is 12.1. The molecule has 0 bridgehead atoms. The van der Waals surface area contributed by atoms with Crippen molar-refractivity contribution in [2.45, 2.75) is 38.8 Å². The minimum atomic E-state index is 0.111. The molecule has 1 saturated carbocycles. The van der Waals surface area contributed by atoms with Gasteiger partial charge >= 0.3 is 0 Å². The number of amides is 1. The molecule has 0 aromatic carbocycles. The number of ether oxygens (including phenoxy) is 1. The van der Waals surface area contributed by atoms with Gasteiger partial charge in [-0.25, -0.2) is 4.98 Å². The maximum atomic E-state index is 11.6. The van der Waals surface area contributed by atoms with Gasteiger partial charge in [0.2, 0.25) is 5.91 Å². The molecular weight excluding hydrogens is 218 g/mol. The number of nitrogens with one attached hydrogen (secondary N) is 2. The largest absolute Gasteiger partial charge is 0.378 e. The van der Waals surface area contributed by atoms with E-state index in [0.717, 1.165) is 25.1 Å². The zero-order valence-electron chi connectivity index (χ0n) is 10.1. The van der Waals surface area contributed by atoms with Gasteiger partial charge in [0, 0.05) is 19.2 Å². The topological polar surface area (TPSA) is 67.0 Å². The van der Waals surface area contributed by atoms with Gasteiger partial charge in [-0.15, -0.1) is 0 Å². The second-order valence-corrected chi connectivity index (χ2v) is 4.47. The summed E-state index contributed by atoms with van der Waals surface area (Å²) in [5, 5.41) is 2.88. The van der Waals surface area contributed by atoms with Crippen LogP contribution in [0.15, 0.2) is 12.5 Å². The Morgan fingerprint density at radius 1 is 1.65 bits per heavy atom. The number of carbonyl (C=O) groups excluding carboxylic acids is 1. The van der Waals surface area contributed by atoms with Crippen LogP contribution in [-0.4, -0.2) is 28.6 Å². The molecule has 1 heterocycles. The number of H-pyrrole nitrogens is 1. The van der Waals surface area contributed by atoms with Crippen LogP contribution in [0.25, 0.3) is 0 Å². The average molecular weight is 237 g/mol. The van der Waals surface area contributed by atoms with Crippen LogP contribution < -0.4 is 5.32 Å². The van der Waals surface area contributed by atoms with Crippen molar-refractivity contribution >= 4 is 5.91 Å². The Kier molecular flexibility index (Phi) is 4.14. The third-order valence-corrected chi connectivity index (χ3v) is 3.10. The number of hydrogen-bond acceptors (Lipinski definition) is 3. The summed E-state index contributed by atoms with van der Waals surface area (Å²) in [5.41, 5.74) is 0.930. The summed E-state index contributed by atoms with van der Waals surface area (Å²) in [5.74, 6) is 0.605. The molecule has 5 nitrogen and oxygen atoms in total. The lowest BCUT2D eigenvalue weighted by atomic mass is 9.80. The maximum Gasteiger partial charge on any atom is 0.220 e. The SMILES string of the molecule is CCOC1CC(CC(=O)NCc2cnc[nH]2)C1. The number of hydrogen-bond donors (Lipinski definition) is 2. The lowest BCUT2D eigenvalue weighted by Gasteiger charge is -2.34. The fourth-order valence-electron chi connectivity index (χ4n) is 2.12. The van der Waals surface area contributed by atoms with Crippen molar-refractivity contribution in [3.05, 3.63) is 18.2 Å². The van der Waals surface area contributed by atoms with Crippen LogP contribution in [0.2, 0.25) is 0 Å². The Morgan fingerprint density at radius 2 is 2.47 bits per heavy atom. The van der Waals surface area contributed by atoms with E-state index in [2.05, 4.69) is 15.3 Å². The minimum absolute atomic E-state index is 0.111. The van der Waals surface area contributed by atoms with Gasteiger partial charge in [-0.3, -0.25) is 4.79 Å². The summed E-state index contributed by atoms with van der Waals surface area (Å²) < 4.78 is 5.46. The molecule has 1 aromatic heterocycles. The maximum absolute atomic E-state index is 11.6. The van der Waals surface area contributed by atoms with Gasteiger partial charge in [0.05, 0.1) is 24.7 Å². The van der Waals surface area contributed by atoms with E-state index in [0.29, 0.717) is 25.0 Å². The fraction of sp³-hybridized carbons (Fsp3) is 0.667. The predicted molar refractivity (Wildman–Crippen MR) is 63.2 cm³/mol. The lowest BCUT2D eigenvalue weighted by Crippen LogP contribution is -2.35. The highest BCUT2D eigenvalue weighted by Crippen LogP contribution is 2.32. The zero-order chi connectivity index (χ0) is 12.1. The normalized spacial score (nSPS) is 23.1. The molecule has 5 heteroatoms. The molecule has 2 rings (SSSR count). The van der Waals surface area contributed by atoms with Crippen LogP contribution in [0.1, 0.15) is 31.9 Å². The minimum Gasteiger partial charge on any atom is -0.378 e. The van der Waals surface area contributed by atoms with E-state index >= 15 is 0 Å². The van der Waals surface area contributed by atoms with Gasteiger partial charge in [-0.05, 0) is 25.7 Å². The smallest absolute Gasteiger partial charge is 0.220 e.